The number of nitrogens with zero attached hydrogens (tertiary/aromatic N) is 1. The molecule has 0 saturated carbocycles. The van der Waals surface area contributed by atoms with Crippen LogP contribution in [0.2, 0.25) is 5.02 Å². The second-order valence-corrected chi connectivity index (χ2v) is 4.48. The van der Waals surface area contributed by atoms with Gasteiger partial charge in [-0.2, -0.15) is 0 Å². The number of carbonyl (C=O) groups is 1. The van der Waals surface area contributed by atoms with Gasteiger partial charge in [0.2, 0.25) is 0 Å². The molecule has 0 unspecified atom stereocenters. The average molecular weight is 279 g/mol. The lowest BCUT2D eigenvalue weighted by molar-refractivity contribution is 0.0989. The van der Waals surface area contributed by atoms with Crippen LogP contribution in [0.1, 0.15) is 10.4 Å². The van der Waals surface area contributed by atoms with Gasteiger partial charge in [-0.1, -0.05) is 23.7 Å². The quantitative estimate of drug-likeness (QED) is 0.857. The molecule has 0 bridgehead atoms. The minimum absolute atomic E-state index is 0.00984. The number of nitrogen functional groups attached to an aromatic ring is 1. The maximum Gasteiger partial charge on any atom is 0.261 e. The van der Waals surface area contributed by atoms with Crippen LogP contribution in [0.25, 0.3) is 0 Å². The molecule has 98 valence electrons. The first-order valence-corrected chi connectivity index (χ1v) is 5.96. The number of hydrogen-bond donors (Lipinski definition) is 1. The lowest BCUT2D eigenvalue weighted by atomic mass is 10.1. The van der Waals surface area contributed by atoms with Crippen LogP contribution in [0.15, 0.2) is 42.5 Å². The van der Waals surface area contributed by atoms with Crippen molar-refractivity contribution in [3.63, 3.8) is 0 Å². The molecule has 1 amide bonds. The van der Waals surface area contributed by atoms with Crippen LogP contribution in [0.4, 0.5) is 15.8 Å². The molecule has 19 heavy (non-hydrogen) atoms. The van der Waals surface area contributed by atoms with Crippen molar-refractivity contribution in [3.8, 4) is 0 Å². The number of amides is 1. The van der Waals surface area contributed by atoms with E-state index >= 15 is 0 Å². The van der Waals surface area contributed by atoms with E-state index in [9.17, 15) is 9.18 Å². The zero-order valence-corrected chi connectivity index (χ0v) is 11.0. The molecule has 0 aliphatic carbocycles. The smallest absolute Gasteiger partial charge is 0.261 e. The van der Waals surface area contributed by atoms with Crippen molar-refractivity contribution in [3.05, 3.63) is 58.9 Å². The number of carbonyl (C=O) groups excluding carboxylic acids is 1. The number of anilines is 2. The van der Waals surface area contributed by atoms with Gasteiger partial charge in [0, 0.05) is 12.1 Å². The Morgan fingerprint density at radius 2 is 1.95 bits per heavy atom. The molecule has 0 radical (unpaired) electrons. The van der Waals surface area contributed by atoms with Gasteiger partial charge in [0.1, 0.15) is 5.82 Å². The molecule has 0 aromatic heterocycles. The van der Waals surface area contributed by atoms with Crippen LogP contribution in [0.3, 0.4) is 0 Å². The Bertz CT molecular complexity index is 631. The van der Waals surface area contributed by atoms with E-state index in [0.717, 1.165) is 0 Å². The molecule has 2 aromatic carbocycles. The molecule has 0 saturated heterocycles. The third kappa shape index (κ3) is 2.69. The molecule has 0 fully saturated rings. The first kappa shape index (κ1) is 13.4. The van der Waals surface area contributed by atoms with E-state index in [1.807, 2.05) is 0 Å². The minimum Gasteiger partial charge on any atom is -0.397 e. The van der Waals surface area contributed by atoms with Gasteiger partial charge in [-0.15, -0.1) is 0 Å². The van der Waals surface area contributed by atoms with E-state index in [2.05, 4.69) is 0 Å². The molecule has 2 N–H and O–H groups in total. The topological polar surface area (TPSA) is 46.3 Å². The van der Waals surface area contributed by atoms with E-state index in [0.29, 0.717) is 16.4 Å². The van der Waals surface area contributed by atoms with E-state index in [4.69, 9.17) is 17.3 Å². The fourth-order valence-corrected chi connectivity index (χ4v) is 1.90. The van der Waals surface area contributed by atoms with Gasteiger partial charge in [0.25, 0.3) is 5.91 Å². The first-order valence-electron chi connectivity index (χ1n) is 5.58. The van der Waals surface area contributed by atoms with E-state index in [1.54, 1.807) is 24.3 Å². The van der Waals surface area contributed by atoms with Crippen LogP contribution in [0, 0.1) is 5.82 Å². The largest absolute Gasteiger partial charge is 0.397 e. The van der Waals surface area contributed by atoms with Crippen molar-refractivity contribution in [2.24, 2.45) is 0 Å². The van der Waals surface area contributed by atoms with Gasteiger partial charge in [0.15, 0.2) is 0 Å². The van der Waals surface area contributed by atoms with Gasteiger partial charge in [-0.3, -0.25) is 4.79 Å². The highest BCUT2D eigenvalue weighted by Gasteiger charge is 2.18. The molecule has 2 aromatic rings. The standard InChI is InChI=1S/C14H12ClFN2O/c1-18(13-8-9(15)6-7-12(13)17)14(19)10-4-2-3-5-11(10)16/h2-8H,17H2,1H3. The summed E-state index contributed by atoms with van der Waals surface area (Å²) in [6, 6.07) is 10.6. The van der Waals surface area contributed by atoms with Crippen LogP contribution in [0.5, 0.6) is 0 Å². The fraction of sp³-hybridized carbons (Fsp3) is 0.0714. The normalized spacial score (nSPS) is 10.3. The summed E-state index contributed by atoms with van der Waals surface area (Å²) in [6.07, 6.45) is 0. The molecule has 0 aliphatic rings. The van der Waals surface area contributed by atoms with Gasteiger partial charge in [0.05, 0.1) is 16.9 Å². The molecule has 0 heterocycles. The first-order chi connectivity index (χ1) is 9.00. The van der Waals surface area contributed by atoms with E-state index in [1.165, 1.54) is 30.1 Å². The zero-order valence-electron chi connectivity index (χ0n) is 10.2. The summed E-state index contributed by atoms with van der Waals surface area (Å²) in [5.74, 6) is -1.05. The molecule has 0 aliphatic heterocycles. The Hall–Kier alpha value is -2.07. The Morgan fingerprint density at radius 1 is 1.26 bits per heavy atom. The third-order valence-electron chi connectivity index (χ3n) is 2.76. The average Bonchev–Trinajstić information content (AvgIpc) is 2.40. The fourth-order valence-electron chi connectivity index (χ4n) is 1.73. The Morgan fingerprint density at radius 3 is 2.63 bits per heavy atom. The van der Waals surface area contributed by atoms with Crippen molar-refractivity contribution in [1.29, 1.82) is 0 Å². The summed E-state index contributed by atoms with van der Waals surface area (Å²) >= 11 is 5.88. The summed E-state index contributed by atoms with van der Waals surface area (Å²) in [4.78, 5) is 13.5. The number of halogens is 2. The van der Waals surface area contributed by atoms with Crippen molar-refractivity contribution in [1.82, 2.24) is 0 Å². The lowest BCUT2D eigenvalue weighted by Crippen LogP contribution is -2.27. The second kappa shape index (κ2) is 5.28. The Balaban J connectivity index is 2.39. The monoisotopic (exact) mass is 278 g/mol. The van der Waals surface area contributed by atoms with E-state index < -0.39 is 11.7 Å². The summed E-state index contributed by atoms with van der Waals surface area (Å²) in [5, 5.41) is 0.456. The SMILES string of the molecule is CN(C(=O)c1ccccc1F)c1cc(Cl)ccc1N. The van der Waals surface area contributed by atoms with Crippen LogP contribution < -0.4 is 10.6 Å². The molecular formula is C14H12ClFN2O. The highest BCUT2D eigenvalue weighted by Crippen LogP contribution is 2.27. The molecule has 2 rings (SSSR count). The van der Waals surface area contributed by atoms with Gasteiger partial charge >= 0.3 is 0 Å². The summed E-state index contributed by atoms with van der Waals surface area (Å²) in [6.45, 7) is 0. The second-order valence-electron chi connectivity index (χ2n) is 4.05. The van der Waals surface area contributed by atoms with Gasteiger partial charge in [-0.05, 0) is 30.3 Å². The van der Waals surface area contributed by atoms with Crippen molar-refractivity contribution >= 4 is 28.9 Å². The molecule has 0 atom stereocenters. The molecule has 3 nitrogen and oxygen atoms in total. The molecular weight excluding hydrogens is 267 g/mol. The Labute approximate surface area is 115 Å². The number of hydrogen-bond acceptors (Lipinski definition) is 2. The maximum absolute atomic E-state index is 13.6. The summed E-state index contributed by atoms with van der Waals surface area (Å²) in [5.41, 5.74) is 6.63. The predicted molar refractivity (Wildman–Crippen MR) is 75.0 cm³/mol. The van der Waals surface area contributed by atoms with Crippen LogP contribution >= 0.6 is 11.6 Å². The van der Waals surface area contributed by atoms with Gasteiger partial charge < -0.3 is 10.6 Å². The van der Waals surface area contributed by atoms with Crippen molar-refractivity contribution in [2.75, 3.05) is 17.7 Å². The highest BCUT2D eigenvalue weighted by atomic mass is 35.5. The number of rotatable bonds is 2. The van der Waals surface area contributed by atoms with Crippen LogP contribution in [-0.4, -0.2) is 13.0 Å². The third-order valence-corrected chi connectivity index (χ3v) is 3.00. The lowest BCUT2D eigenvalue weighted by Gasteiger charge is -2.19. The highest BCUT2D eigenvalue weighted by molar-refractivity contribution is 6.31. The number of benzene rings is 2. The van der Waals surface area contributed by atoms with E-state index in [-0.39, 0.29) is 5.56 Å². The summed E-state index contributed by atoms with van der Waals surface area (Å²) < 4.78 is 13.6. The van der Waals surface area contributed by atoms with Gasteiger partial charge in [-0.25, -0.2) is 4.39 Å². The summed E-state index contributed by atoms with van der Waals surface area (Å²) in [7, 11) is 1.52. The molecule has 0 spiro atoms. The number of nitrogens with two attached hydrogens (primary N) is 1. The molecule has 5 heteroatoms. The van der Waals surface area contributed by atoms with Crippen molar-refractivity contribution < 1.29 is 9.18 Å². The minimum atomic E-state index is -0.569. The van der Waals surface area contributed by atoms with Crippen molar-refractivity contribution in [2.45, 2.75) is 0 Å². The maximum atomic E-state index is 13.6. The Kier molecular flexibility index (Phi) is 3.71. The zero-order chi connectivity index (χ0) is 14.0. The predicted octanol–water partition coefficient (Wildman–Crippen LogP) is 3.34. The van der Waals surface area contributed by atoms with Crippen LogP contribution in [-0.2, 0) is 0 Å².